The Hall–Kier alpha value is -2.78. The van der Waals surface area contributed by atoms with E-state index in [0.29, 0.717) is 40.8 Å². The van der Waals surface area contributed by atoms with E-state index >= 15 is 0 Å². The molecule has 1 saturated carbocycles. The third-order valence-corrected chi connectivity index (χ3v) is 5.68. The maximum absolute atomic E-state index is 14.7. The van der Waals surface area contributed by atoms with Crippen LogP contribution in [0, 0.1) is 18.6 Å². The molecule has 4 nitrogen and oxygen atoms in total. The fourth-order valence-corrected chi connectivity index (χ4v) is 3.88. The van der Waals surface area contributed by atoms with Gasteiger partial charge in [-0.15, -0.1) is 0 Å². The van der Waals surface area contributed by atoms with Gasteiger partial charge in [0.05, 0.1) is 12.2 Å². The summed E-state index contributed by atoms with van der Waals surface area (Å²) in [5.74, 6) is -1.82. The minimum absolute atomic E-state index is 0.00237. The molecule has 0 saturated heterocycles. The van der Waals surface area contributed by atoms with Crippen LogP contribution in [0.25, 0.3) is 10.8 Å². The summed E-state index contributed by atoms with van der Waals surface area (Å²) in [6, 6.07) is 5.65. The number of aromatic nitrogens is 1. The van der Waals surface area contributed by atoms with E-state index in [9.17, 15) is 27.1 Å². The number of aliphatic hydroxyl groups is 1. The first-order chi connectivity index (χ1) is 15.2. The molecule has 32 heavy (non-hydrogen) atoms. The number of alkyl halides is 3. The summed E-state index contributed by atoms with van der Waals surface area (Å²) in [5, 5.41) is 14.1. The van der Waals surface area contributed by atoms with Gasteiger partial charge in [0.25, 0.3) is 0 Å². The van der Waals surface area contributed by atoms with Gasteiger partial charge in [0.2, 0.25) is 0 Å². The average molecular weight is 452 g/mol. The van der Waals surface area contributed by atoms with Crippen molar-refractivity contribution in [2.75, 3.05) is 0 Å². The molecule has 2 aromatic carbocycles. The highest BCUT2D eigenvalue weighted by atomic mass is 19.4. The second-order valence-electron chi connectivity index (χ2n) is 7.95. The fourth-order valence-electron chi connectivity index (χ4n) is 3.88. The zero-order valence-electron chi connectivity index (χ0n) is 17.1. The Morgan fingerprint density at radius 3 is 2.53 bits per heavy atom. The predicted molar refractivity (Wildman–Crippen MR) is 108 cm³/mol. The summed E-state index contributed by atoms with van der Waals surface area (Å²) in [6.45, 7) is 1.74. The minimum atomic E-state index is -4.79. The Labute approximate surface area is 181 Å². The van der Waals surface area contributed by atoms with Crippen LogP contribution in [0.3, 0.4) is 0 Å². The van der Waals surface area contributed by atoms with E-state index in [1.165, 1.54) is 12.1 Å². The molecule has 1 aromatic heterocycles. The number of rotatable bonds is 6. The number of nitrogens with zero attached hydrogens (tertiary/aromatic N) is 1. The van der Waals surface area contributed by atoms with Crippen molar-refractivity contribution in [3.05, 3.63) is 70.5 Å². The zero-order valence-corrected chi connectivity index (χ0v) is 17.1. The minimum Gasteiger partial charge on any atom is -0.490 e. The molecule has 1 fully saturated rings. The number of nitrogens with one attached hydrogen (secondary N) is 1. The largest absolute Gasteiger partial charge is 0.490 e. The van der Waals surface area contributed by atoms with Crippen LogP contribution < -0.4 is 10.1 Å². The quantitative estimate of drug-likeness (QED) is 0.515. The molecular formula is C23H21F5N2O2. The van der Waals surface area contributed by atoms with Crippen LogP contribution in [0.2, 0.25) is 0 Å². The third-order valence-electron chi connectivity index (χ3n) is 5.68. The van der Waals surface area contributed by atoms with Crippen molar-refractivity contribution in [1.82, 2.24) is 10.3 Å². The topological polar surface area (TPSA) is 54.4 Å². The van der Waals surface area contributed by atoms with E-state index < -0.39 is 23.4 Å². The summed E-state index contributed by atoms with van der Waals surface area (Å²) < 4.78 is 72.2. The van der Waals surface area contributed by atoms with Crippen molar-refractivity contribution < 1.29 is 31.8 Å². The van der Waals surface area contributed by atoms with E-state index in [4.69, 9.17) is 4.74 Å². The van der Waals surface area contributed by atoms with Gasteiger partial charge in [0.1, 0.15) is 23.5 Å². The highest BCUT2D eigenvalue weighted by Crippen LogP contribution is 2.35. The first kappa shape index (κ1) is 22.4. The summed E-state index contributed by atoms with van der Waals surface area (Å²) in [5.41, 5.74) is 0.286. The number of aryl methyl sites for hydroxylation is 1. The van der Waals surface area contributed by atoms with Crippen molar-refractivity contribution in [3.63, 3.8) is 0 Å². The van der Waals surface area contributed by atoms with Crippen molar-refractivity contribution in [3.8, 4) is 5.75 Å². The summed E-state index contributed by atoms with van der Waals surface area (Å²) in [7, 11) is 0. The van der Waals surface area contributed by atoms with E-state index in [2.05, 4.69) is 10.3 Å². The number of hydrogen-bond acceptors (Lipinski definition) is 4. The van der Waals surface area contributed by atoms with Gasteiger partial charge in [0.15, 0.2) is 0 Å². The lowest BCUT2D eigenvalue weighted by atomic mass is 9.88. The van der Waals surface area contributed by atoms with Gasteiger partial charge in [-0.05, 0) is 61.0 Å². The summed E-state index contributed by atoms with van der Waals surface area (Å²) >= 11 is 0. The molecule has 0 radical (unpaired) electrons. The Morgan fingerprint density at radius 2 is 1.84 bits per heavy atom. The zero-order chi connectivity index (χ0) is 23.0. The van der Waals surface area contributed by atoms with Crippen LogP contribution in [0.5, 0.6) is 5.75 Å². The van der Waals surface area contributed by atoms with Gasteiger partial charge in [-0.3, -0.25) is 4.98 Å². The van der Waals surface area contributed by atoms with Gasteiger partial charge < -0.3 is 15.2 Å². The summed E-state index contributed by atoms with van der Waals surface area (Å²) in [4.78, 5) is 4.22. The van der Waals surface area contributed by atoms with Gasteiger partial charge in [0, 0.05) is 35.4 Å². The maximum Gasteiger partial charge on any atom is 0.419 e. The number of hydrogen-bond donors (Lipinski definition) is 2. The van der Waals surface area contributed by atoms with Crippen LogP contribution in [-0.4, -0.2) is 22.2 Å². The molecule has 0 unspecified atom stereocenters. The molecule has 170 valence electrons. The van der Waals surface area contributed by atoms with Crippen LogP contribution >= 0.6 is 0 Å². The van der Waals surface area contributed by atoms with Crippen molar-refractivity contribution >= 4 is 10.8 Å². The molecule has 1 aliphatic rings. The van der Waals surface area contributed by atoms with E-state index in [0.717, 1.165) is 11.8 Å². The van der Waals surface area contributed by atoms with Gasteiger partial charge >= 0.3 is 6.18 Å². The maximum atomic E-state index is 14.7. The van der Waals surface area contributed by atoms with Gasteiger partial charge in [-0.2, -0.15) is 13.2 Å². The molecule has 1 aliphatic carbocycles. The fraction of sp³-hybridized carbons (Fsp3) is 0.348. The molecule has 0 spiro atoms. The van der Waals surface area contributed by atoms with Crippen LogP contribution in [-0.2, 0) is 19.3 Å². The Bertz CT molecular complexity index is 1140. The Morgan fingerprint density at radius 1 is 1.09 bits per heavy atom. The number of benzene rings is 2. The third kappa shape index (κ3) is 4.54. The molecule has 0 aliphatic heterocycles. The van der Waals surface area contributed by atoms with Crippen LogP contribution in [0.15, 0.2) is 36.5 Å². The van der Waals surface area contributed by atoms with E-state index in [-0.39, 0.29) is 31.0 Å². The van der Waals surface area contributed by atoms with Crippen molar-refractivity contribution in [1.29, 1.82) is 0 Å². The molecule has 0 bridgehead atoms. The molecule has 9 heteroatoms. The number of ether oxygens (including phenoxy) is 1. The lowest BCUT2D eigenvalue weighted by Gasteiger charge is -2.36. The number of pyridine rings is 1. The molecular weight excluding hydrogens is 431 g/mol. The predicted octanol–water partition coefficient (Wildman–Crippen LogP) is 5.03. The molecule has 0 amide bonds. The lowest BCUT2D eigenvalue weighted by molar-refractivity contribution is -0.140. The number of aliphatic hydroxyl groups excluding tert-OH is 1. The Balaban J connectivity index is 1.39. The number of fused-ring (bicyclic) bond motifs is 1. The molecule has 4 rings (SSSR count). The SMILES string of the molecule is Cc1cc2c(CNC3CC(Oc4ccc(F)c(C(F)(F)F)c4)C3)c(F)cc(CO)c2cn1. The second-order valence-corrected chi connectivity index (χ2v) is 7.95. The van der Waals surface area contributed by atoms with Crippen LogP contribution in [0.4, 0.5) is 22.0 Å². The highest BCUT2D eigenvalue weighted by Gasteiger charge is 2.35. The summed E-state index contributed by atoms with van der Waals surface area (Å²) in [6.07, 6.45) is -2.45. The van der Waals surface area contributed by atoms with Gasteiger partial charge in [-0.1, -0.05) is 0 Å². The molecule has 2 N–H and O–H groups in total. The number of halogens is 5. The van der Waals surface area contributed by atoms with Crippen molar-refractivity contribution in [2.24, 2.45) is 0 Å². The highest BCUT2D eigenvalue weighted by molar-refractivity contribution is 5.88. The second kappa shape index (κ2) is 8.63. The monoisotopic (exact) mass is 452 g/mol. The standard InChI is InChI=1S/C23H21F5N2O2/c1-12-4-17-18(9-29-12)13(11-31)5-22(25)19(17)10-30-14-6-16(7-14)32-15-2-3-21(24)20(8-15)23(26,27)28/h2-5,8-9,14,16,30-31H,6-7,10-11H2,1H3. The molecule has 3 aromatic rings. The first-order valence-electron chi connectivity index (χ1n) is 10.1. The normalized spacial score (nSPS) is 18.6. The lowest BCUT2D eigenvalue weighted by Crippen LogP contribution is -2.46. The van der Waals surface area contributed by atoms with Crippen molar-refractivity contribution in [2.45, 2.75) is 51.2 Å². The first-order valence-corrected chi connectivity index (χ1v) is 10.1. The average Bonchev–Trinajstić information content (AvgIpc) is 2.70. The Kier molecular flexibility index (Phi) is 6.05. The molecule has 1 heterocycles. The molecule has 0 atom stereocenters. The smallest absolute Gasteiger partial charge is 0.419 e. The van der Waals surface area contributed by atoms with E-state index in [1.54, 1.807) is 19.2 Å². The van der Waals surface area contributed by atoms with E-state index in [1.807, 2.05) is 0 Å². The van der Waals surface area contributed by atoms with Gasteiger partial charge in [-0.25, -0.2) is 8.78 Å². The van der Waals surface area contributed by atoms with Crippen LogP contribution in [0.1, 0.15) is 35.2 Å².